The van der Waals surface area contributed by atoms with E-state index in [0.717, 1.165) is 26.5 Å². The van der Waals surface area contributed by atoms with Crippen molar-refractivity contribution in [1.29, 1.82) is 0 Å². The Balaban J connectivity index is 2.17. The van der Waals surface area contributed by atoms with Crippen LogP contribution in [0.15, 0.2) is 87.5 Å². The van der Waals surface area contributed by atoms with Crippen molar-refractivity contribution < 1.29 is 8.42 Å². The maximum Gasteiger partial charge on any atom is 0.282 e. The Morgan fingerprint density at radius 2 is 1.15 bits per heavy atom. The predicted octanol–water partition coefficient (Wildman–Crippen LogP) is 4.88. The average molecular weight is 399 g/mol. The van der Waals surface area contributed by atoms with Crippen molar-refractivity contribution in [3.63, 3.8) is 0 Å². The summed E-state index contributed by atoms with van der Waals surface area (Å²) in [6.07, 6.45) is 0. The van der Waals surface area contributed by atoms with Crippen molar-refractivity contribution in [2.45, 2.75) is 35.5 Å². The first-order valence-electron chi connectivity index (χ1n) is 8.73. The summed E-state index contributed by atoms with van der Waals surface area (Å²) >= 11 is -0.749. The van der Waals surface area contributed by atoms with E-state index in [-0.39, 0.29) is 0 Å². The molecule has 27 heavy (non-hydrogen) atoms. The van der Waals surface area contributed by atoms with Crippen molar-refractivity contribution in [1.82, 2.24) is 3.71 Å². The van der Waals surface area contributed by atoms with E-state index < -0.39 is 21.1 Å². The normalized spacial score (nSPS) is 11.9. The van der Waals surface area contributed by atoms with E-state index >= 15 is 0 Å². The van der Waals surface area contributed by atoms with Crippen molar-refractivity contribution in [3.8, 4) is 0 Å². The highest BCUT2D eigenvalue weighted by molar-refractivity contribution is 8.07. The molecule has 3 rings (SSSR count). The molecule has 140 valence electrons. The molecule has 0 atom stereocenters. The van der Waals surface area contributed by atoms with Gasteiger partial charge in [0.1, 0.15) is 0 Å². The number of aryl methyl sites for hydroxylation is 3. The zero-order valence-corrected chi connectivity index (χ0v) is 17.6. The van der Waals surface area contributed by atoms with Gasteiger partial charge in [-0.1, -0.05) is 54.1 Å². The lowest BCUT2D eigenvalue weighted by atomic mass is 10.2. The lowest BCUT2D eigenvalue weighted by Gasteiger charge is -2.19. The fourth-order valence-electron chi connectivity index (χ4n) is 2.90. The number of sulfonamides is 1. The molecule has 0 amide bonds. The van der Waals surface area contributed by atoms with Gasteiger partial charge in [-0.05, 0) is 48.7 Å². The molecular weight excluding hydrogens is 374 g/mol. The molecule has 0 saturated heterocycles. The molecule has 0 saturated carbocycles. The lowest BCUT2D eigenvalue weighted by Crippen LogP contribution is -2.34. The van der Waals surface area contributed by atoms with Crippen LogP contribution >= 0.6 is 0 Å². The number of hydrogen-bond acceptors (Lipinski definition) is 2. The Bertz CT molecular complexity index is 998. The SMILES string of the molecule is Cc1ccc(S(=O)(=O)N(C)[S+](c2ccccc2C)c2ccccc2C)cc1. The van der Waals surface area contributed by atoms with Crippen LogP contribution in [0.5, 0.6) is 0 Å². The first-order valence-corrected chi connectivity index (χ1v) is 11.4. The number of rotatable bonds is 5. The van der Waals surface area contributed by atoms with Crippen LogP contribution < -0.4 is 0 Å². The molecule has 3 nitrogen and oxygen atoms in total. The van der Waals surface area contributed by atoms with Crippen molar-refractivity contribution in [2.75, 3.05) is 7.05 Å². The van der Waals surface area contributed by atoms with E-state index in [4.69, 9.17) is 0 Å². The summed E-state index contributed by atoms with van der Waals surface area (Å²) in [7, 11) is -1.96. The van der Waals surface area contributed by atoms with Gasteiger partial charge in [-0.15, -0.1) is 0 Å². The van der Waals surface area contributed by atoms with E-state index in [0.29, 0.717) is 4.90 Å². The summed E-state index contributed by atoms with van der Waals surface area (Å²) in [4.78, 5) is 2.35. The lowest BCUT2D eigenvalue weighted by molar-refractivity contribution is 0.562. The maximum atomic E-state index is 13.4. The van der Waals surface area contributed by atoms with E-state index in [1.54, 1.807) is 19.2 Å². The molecule has 0 aliphatic carbocycles. The third kappa shape index (κ3) is 3.95. The molecule has 0 fully saturated rings. The van der Waals surface area contributed by atoms with Gasteiger partial charge in [-0.25, -0.2) is 8.42 Å². The van der Waals surface area contributed by atoms with Gasteiger partial charge in [0.2, 0.25) is 0 Å². The number of nitrogens with zero attached hydrogens (tertiary/aromatic N) is 1. The second-order valence-electron chi connectivity index (χ2n) is 6.54. The summed E-state index contributed by atoms with van der Waals surface area (Å²) in [5.74, 6) is 0. The molecule has 0 radical (unpaired) electrons. The highest BCUT2D eigenvalue weighted by Crippen LogP contribution is 2.34. The molecule has 0 spiro atoms. The summed E-state index contributed by atoms with van der Waals surface area (Å²) in [5.41, 5.74) is 3.19. The van der Waals surface area contributed by atoms with Crippen molar-refractivity contribution in [2.24, 2.45) is 0 Å². The molecule has 0 aliphatic heterocycles. The fraction of sp³-hybridized carbons (Fsp3) is 0.182. The number of benzene rings is 3. The second-order valence-corrected chi connectivity index (χ2v) is 10.7. The average Bonchev–Trinajstić information content (AvgIpc) is 2.65. The van der Waals surface area contributed by atoms with Crippen LogP contribution in [0.2, 0.25) is 0 Å². The zero-order chi connectivity index (χ0) is 19.6. The van der Waals surface area contributed by atoms with Gasteiger partial charge in [0.05, 0.1) is 11.9 Å². The highest BCUT2D eigenvalue weighted by Gasteiger charge is 2.42. The van der Waals surface area contributed by atoms with Gasteiger partial charge >= 0.3 is 0 Å². The van der Waals surface area contributed by atoms with E-state index in [2.05, 4.69) is 0 Å². The van der Waals surface area contributed by atoms with E-state index in [9.17, 15) is 8.42 Å². The Morgan fingerprint density at radius 3 is 1.59 bits per heavy atom. The summed E-state index contributed by atoms with van der Waals surface area (Å²) in [5, 5.41) is 0. The largest absolute Gasteiger partial charge is 0.282 e. The van der Waals surface area contributed by atoms with E-state index in [1.165, 1.54) is 3.71 Å². The Labute approximate surface area is 165 Å². The smallest absolute Gasteiger partial charge is 0.203 e. The topological polar surface area (TPSA) is 37.4 Å². The molecule has 0 aromatic heterocycles. The van der Waals surface area contributed by atoms with Crippen LogP contribution in [-0.4, -0.2) is 19.2 Å². The third-order valence-corrected chi connectivity index (χ3v) is 9.36. The van der Waals surface area contributed by atoms with Gasteiger partial charge in [0, 0.05) is 11.1 Å². The minimum atomic E-state index is -3.64. The van der Waals surface area contributed by atoms with Gasteiger partial charge in [0.15, 0.2) is 20.9 Å². The maximum absolute atomic E-state index is 13.4. The molecule has 0 unspecified atom stereocenters. The van der Waals surface area contributed by atoms with Gasteiger partial charge < -0.3 is 0 Å². The molecule has 0 aliphatic rings. The summed E-state index contributed by atoms with van der Waals surface area (Å²) in [6, 6.07) is 23.0. The first kappa shape index (κ1) is 19.7. The standard InChI is InChI=1S/C22H24NO2S2/c1-17-13-15-20(16-14-17)27(24,25)23(4)26(21-11-7-5-9-18(21)2)22-12-8-6-10-19(22)3/h5-16H,1-4H3/q+1. The Hall–Kier alpha value is -2.08. The van der Waals surface area contributed by atoms with Crippen LogP contribution in [0.1, 0.15) is 16.7 Å². The Kier molecular flexibility index (Phi) is 5.75. The molecule has 0 bridgehead atoms. The molecule has 0 N–H and O–H groups in total. The molecular formula is C22H24NO2S2+. The molecule has 3 aromatic rings. The second kappa shape index (κ2) is 7.89. The predicted molar refractivity (Wildman–Crippen MR) is 112 cm³/mol. The van der Waals surface area contributed by atoms with Crippen molar-refractivity contribution in [3.05, 3.63) is 89.5 Å². The van der Waals surface area contributed by atoms with Crippen LogP contribution in [0.3, 0.4) is 0 Å². The molecule has 5 heteroatoms. The monoisotopic (exact) mass is 398 g/mol. The van der Waals surface area contributed by atoms with Crippen molar-refractivity contribution >= 4 is 21.1 Å². The zero-order valence-electron chi connectivity index (χ0n) is 16.0. The van der Waals surface area contributed by atoms with Gasteiger partial charge in [-0.2, -0.15) is 0 Å². The van der Waals surface area contributed by atoms with E-state index in [1.807, 2.05) is 81.4 Å². The number of hydrogen-bond donors (Lipinski definition) is 0. The fourth-order valence-corrected chi connectivity index (χ4v) is 7.15. The van der Waals surface area contributed by atoms with Crippen LogP contribution in [-0.2, 0) is 21.1 Å². The minimum Gasteiger partial charge on any atom is -0.203 e. The minimum absolute atomic E-state index is 0.315. The van der Waals surface area contributed by atoms with Crippen LogP contribution in [0.4, 0.5) is 0 Å². The molecule has 0 heterocycles. The summed E-state index contributed by atoms with van der Waals surface area (Å²) < 4.78 is 28.3. The Morgan fingerprint density at radius 1 is 0.704 bits per heavy atom. The summed E-state index contributed by atoms with van der Waals surface area (Å²) in [6.45, 7) is 6.01. The van der Waals surface area contributed by atoms with Gasteiger partial charge in [0.25, 0.3) is 10.0 Å². The molecule has 3 aromatic carbocycles. The van der Waals surface area contributed by atoms with Crippen LogP contribution in [0, 0.1) is 20.8 Å². The quantitative estimate of drug-likeness (QED) is 0.574. The highest BCUT2D eigenvalue weighted by atomic mass is 32.3. The van der Waals surface area contributed by atoms with Gasteiger partial charge in [-0.3, -0.25) is 0 Å². The first-order chi connectivity index (χ1) is 12.8. The third-order valence-electron chi connectivity index (χ3n) is 4.52. The van der Waals surface area contributed by atoms with Crippen LogP contribution in [0.25, 0.3) is 0 Å².